The highest BCUT2D eigenvalue weighted by atomic mass is 32.2. The largest absolute Gasteiger partial charge is 0.508 e. The molecule has 0 bridgehead atoms. The number of nitrogens with one attached hydrogen (secondary N) is 7. The molecule has 0 saturated heterocycles. The number of phenolic OH excluding ortho intramolecular Hbond substituents is 1. The van der Waals surface area contributed by atoms with Gasteiger partial charge in [-0.1, -0.05) is 80.4 Å². The zero-order valence-corrected chi connectivity index (χ0v) is 37.0. The summed E-state index contributed by atoms with van der Waals surface area (Å²) in [7, 11) is 0. The van der Waals surface area contributed by atoms with Crippen LogP contribution in [-0.2, 0) is 48.0 Å². The summed E-state index contributed by atoms with van der Waals surface area (Å²) in [5.74, 6) is -2.33. The van der Waals surface area contributed by atoms with E-state index in [1.165, 1.54) is 23.9 Å². The van der Waals surface area contributed by atoms with Crippen LogP contribution in [0.4, 0.5) is 4.79 Å². The number of aromatic amines is 1. The number of hydrogen-bond donors (Lipinski definition) is 8. The lowest BCUT2D eigenvalue weighted by molar-refractivity contribution is -0.133. The van der Waals surface area contributed by atoms with Crippen LogP contribution >= 0.6 is 11.8 Å². The second kappa shape index (κ2) is 24.4. The van der Waals surface area contributed by atoms with Gasteiger partial charge in [-0.15, -0.1) is 0 Å². The number of carbonyl (C=O) groups excluding carboxylic acids is 6. The number of thioether (sulfide) groups is 1. The van der Waals surface area contributed by atoms with Crippen molar-refractivity contribution in [3.05, 3.63) is 102 Å². The fourth-order valence-electron chi connectivity index (χ4n) is 6.62. The van der Waals surface area contributed by atoms with E-state index in [1.54, 1.807) is 39.1 Å². The van der Waals surface area contributed by atoms with Gasteiger partial charge in [0, 0.05) is 36.5 Å². The van der Waals surface area contributed by atoms with Crippen molar-refractivity contribution in [2.75, 3.05) is 25.1 Å². The van der Waals surface area contributed by atoms with Gasteiger partial charge in [-0.05, 0) is 86.9 Å². The third-order valence-electron chi connectivity index (χ3n) is 9.84. The predicted octanol–water partition coefficient (Wildman–Crippen LogP) is 4.42. The van der Waals surface area contributed by atoms with Gasteiger partial charge in [0.15, 0.2) is 0 Å². The predicted molar refractivity (Wildman–Crippen MR) is 241 cm³/mol. The highest BCUT2D eigenvalue weighted by Crippen LogP contribution is 2.20. The van der Waals surface area contributed by atoms with Crippen LogP contribution in [0.25, 0.3) is 10.9 Å². The summed E-state index contributed by atoms with van der Waals surface area (Å²) in [6, 6.07) is 19.3. The summed E-state index contributed by atoms with van der Waals surface area (Å²) in [5.41, 5.74) is 2.48. The summed E-state index contributed by atoms with van der Waals surface area (Å²) >= 11 is 1.46. The number of unbranched alkanes of at least 4 members (excludes halogenated alkanes) is 1. The Balaban J connectivity index is 1.46. The van der Waals surface area contributed by atoms with E-state index in [0.29, 0.717) is 37.1 Å². The van der Waals surface area contributed by atoms with Crippen LogP contribution in [0.1, 0.15) is 70.1 Å². The molecule has 0 aliphatic heterocycles. The first kappa shape index (κ1) is 48.6. The van der Waals surface area contributed by atoms with Crippen molar-refractivity contribution < 1.29 is 38.6 Å². The molecule has 334 valence electrons. The SMILES string of the molecule is CCCC[C@H](NC(=O)[C@@H](Cc1c[nH]c2ccccc12)NC(=O)CNC(=O)[C@H](CCSC)NC(=O)[C@H](Cc1ccc(O)cc1)NC(=O)OC(C)(C)C)C(=O)NCCc1ccccc1. The molecular weight excluding hydrogens is 811 g/mol. The number of amides is 6. The van der Waals surface area contributed by atoms with Gasteiger partial charge in [0.25, 0.3) is 0 Å². The van der Waals surface area contributed by atoms with Crippen molar-refractivity contribution in [1.29, 1.82) is 0 Å². The molecule has 0 aliphatic carbocycles. The van der Waals surface area contributed by atoms with E-state index in [0.717, 1.165) is 28.5 Å². The Morgan fingerprint density at radius 3 is 2.00 bits per heavy atom. The number of rotatable bonds is 23. The number of aromatic nitrogens is 1. The molecule has 62 heavy (non-hydrogen) atoms. The average molecular weight is 872 g/mol. The Kier molecular flexibility index (Phi) is 19.2. The average Bonchev–Trinajstić information content (AvgIpc) is 3.65. The van der Waals surface area contributed by atoms with Gasteiger partial charge in [0.05, 0.1) is 6.54 Å². The number of aromatic hydroxyl groups is 1. The standard InChI is InChI=1S/C46H61N7O8S/c1-6-7-16-36(41(56)47-24-22-30-13-9-8-10-14-30)51-44(59)39(27-32-28-48-35-17-12-11-15-34(32)35)50-40(55)29-49-42(57)37(23-25-62-5)52-43(58)38(53-45(60)61-46(2,3)4)26-31-18-20-33(54)21-19-31/h8-15,17-21,28,36-39,48,54H,6-7,16,22-27,29H2,1-5H3,(H,47,56)(H,49,57)(H,50,55)(H,51,59)(H,52,58)(H,53,60)/t36-,37-,38-,39+/m0/s1. The zero-order valence-electron chi connectivity index (χ0n) is 36.2. The lowest BCUT2D eigenvalue weighted by Crippen LogP contribution is -2.57. The van der Waals surface area contributed by atoms with E-state index in [9.17, 15) is 33.9 Å². The van der Waals surface area contributed by atoms with Gasteiger partial charge in [0.2, 0.25) is 29.5 Å². The van der Waals surface area contributed by atoms with E-state index in [4.69, 9.17) is 4.74 Å². The summed E-state index contributed by atoms with van der Waals surface area (Å²) < 4.78 is 5.39. The number of phenols is 1. The molecule has 1 aromatic heterocycles. The molecule has 16 heteroatoms. The Morgan fingerprint density at radius 2 is 1.34 bits per heavy atom. The number of fused-ring (bicyclic) bond motifs is 1. The summed E-state index contributed by atoms with van der Waals surface area (Å²) in [5, 5.41) is 27.2. The number of ether oxygens (including phenoxy) is 1. The smallest absolute Gasteiger partial charge is 0.408 e. The molecule has 4 rings (SSSR count). The second-order valence-electron chi connectivity index (χ2n) is 16.0. The third kappa shape index (κ3) is 16.4. The van der Waals surface area contributed by atoms with Gasteiger partial charge >= 0.3 is 6.09 Å². The molecule has 4 atom stereocenters. The quantitative estimate of drug-likeness (QED) is 0.0528. The molecule has 0 saturated carbocycles. The van der Waals surface area contributed by atoms with Gasteiger partial charge in [0.1, 0.15) is 35.5 Å². The minimum Gasteiger partial charge on any atom is -0.508 e. The van der Waals surface area contributed by atoms with Crippen LogP contribution < -0.4 is 31.9 Å². The maximum atomic E-state index is 14.1. The normalized spacial score (nSPS) is 13.2. The van der Waals surface area contributed by atoms with Crippen molar-refractivity contribution in [1.82, 2.24) is 36.9 Å². The van der Waals surface area contributed by atoms with E-state index < -0.39 is 66.0 Å². The molecule has 1 heterocycles. The van der Waals surface area contributed by atoms with Gasteiger partial charge < -0.3 is 46.7 Å². The first-order valence-electron chi connectivity index (χ1n) is 21.0. The van der Waals surface area contributed by atoms with Gasteiger partial charge in [-0.25, -0.2) is 4.79 Å². The van der Waals surface area contributed by atoms with E-state index in [-0.39, 0.29) is 30.9 Å². The summed E-state index contributed by atoms with van der Waals surface area (Å²) in [6.45, 7) is 6.93. The van der Waals surface area contributed by atoms with Gasteiger partial charge in [-0.2, -0.15) is 11.8 Å². The molecule has 3 aromatic carbocycles. The molecule has 15 nitrogen and oxygen atoms in total. The highest BCUT2D eigenvalue weighted by molar-refractivity contribution is 7.98. The topological polar surface area (TPSA) is 220 Å². The highest BCUT2D eigenvalue weighted by Gasteiger charge is 2.31. The second-order valence-corrected chi connectivity index (χ2v) is 17.0. The van der Waals surface area contributed by atoms with Crippen molar-refractivity contribution in [3.63, 3.8) is 0 Å². The Hall–Kier alpha value is -6.03. The number of H-pyrrole nitrogens is 1. The van der Waals surface area contributed by atoms with Crippen LogP contribution in [0.5, 0.6) is 5.75 Å². The fraction of sp³-hybridized carbons (Fsp3) is 0.435. The Bertz CT molecular complexity index is 2090. The first-order valence-corrected chi connectivity index (χ1v) is 22.4. The maximum Gasteiger partial charge on any atom is 0.408 e. The van der Waals surface area contributed by atoms with Crippen molar-refractivity contribution in [2.45, 2.75) is 102 Å². The lowest BCUT2D eigenvalue weighted by Gasteiger charge is -2.25. The minimum absolute atomic E-state index is 0.0269. The molecule has 4 aromatic rings. The van der Waals surface area contributed by atoms with E-state index >= 15 is 0 Å². The summed E-state index contributed by atoms with van der Waals surface area (Å²) in [6.07, 6.45) is 5.62. The Labute approximate surface area is 367 Å². The number of hydrogen-bond acceptors (Lipinski definition) is 9. The maximum absolute atomic E-state index is 14.1. The molecule has 8 N–H and O–H groups in total. The molecule has 0 spiro atoms. The van der Waals surface area contributed by atoms with Crippen LogP contribution in [0, 0.1) is 0 Å². The zero-order chi connectivity index (χ0) is 45.1. The number of alkyl carbamates (subject to hydrolysis) is 1. The van der Waals surface area contributed by atoms with Crippen LogP contribution in [-0.4, -0.2) is 101 Å². The molecule has 0 fully saturated rings. The number of carbonyl (C=O) groups is 6. The van der Waals surface area contributed by atoms with Crippen molar-refractivity contribution in [2.24, 2.45) is 0 Å². The van der Waals surface area contributed by atoms with Crippen LogP contribution in [0.3, 0.4) is 0 Å². The van der Waals surface area contributed by atoms with Crippen LogP contribution in [0.15, 0.2) is 85.1 Å². The molecule has 0 unspecified atom stereocenters. The third-order valence-corrected chi connectivity index (χ3v) is 10.5. The minimum atomic E-state index is -1.15. The monoisotopic (exact) mass is 871 g/mol. The first-order chi connectivity index (χ1) is 29.6. The lowest BCUT2D eigenvalue weighted by atomic mass is 10.0. The van der Waals surface area contributed by atoms with E-state index in [2.05, 4.69) is 36.9 Å². The number of benzene rings is 3. The fourth-order valence-corrected chi connectivity index (χ4v) is 7.09. The van der Waals surface area contributed by atoms with E-state index in [1.807, 2.05) is 67.8 Å². The summed E-state index contributed by atoms with van der Waals surface area (Å²) in [4.78, 5) is 84.5. The van der Waals surface area contributed by atoms with Gasteiger partial charge in [-0.3, -0.25) is 24.0 Å². The Morgan fingerprint density at radius 1 is 0.710 bits per heavy atom. The number of para-hydroxylation sites is 1. The van der Waals surface area contributed by atoms with Crippen LogP contribution in [0.2, 0.25) is 0 Å². The molecule has 6 amide bonds. The molecule has 0 aliphatic rings. The molecular formula is C46H61N7O8S. The van der Waals surface area contributed by atoms with Crippen molar-refractivity contribution >= 4 is 58.3 Å². The van der Waals surface area contributed by atoms with Crippen molar-refractivity contribution in [3.8, 4) is 5.75 Å². The molecule has 0 radical (unpaired) electrons.